The molecule has 0 aliphatic heterocycles. The van der Waals surface area contributed by atoms with Crippen LogP contribution in [0, 0.1) is 11.8 Å². The second-order valence-corrected chi connectivity index (χ2v) is 7.74. The topological polar surface area (TPSA) is 43.4 Å². The number of benzene rings is 3. The number of ether oxygens (including phenoxy) is 1. The van der Waals surface area contributed by atoms with Crippen LogP contribution in [-0.4, -0.2) is 18.2 Å². The molecular formula is C24H18O3. The van der Waals surface area contributed by atoms with Gasteiger partial charge in [-0.3, -0.25) is 9.59 Å². The number of rotatable bonds is 2. The van der Waals surface area contributed by atoms with E-state index < -0.39 is 0 Å². The number of carbonyl (C=O) groups is 2. The van der Waals surface area contributed by atoms with Crippen LogP contribution in [0.1, 0.15) is 50.6 Å². The normalized spacial score (nSPS) is 27.0. The summed E-state index contributed by atoms with van der Waals surface area (Å²) in [6.45, 7) is 2.37. The second kappa shape index (κ2) is 5.07. The average Bonchev–Trinajstić information content (AvgIpc) is 2.92. The number of hydrogen-bond donors (Lipinski definition) is 0. The molecule has 0 N–H and O–H groups in total. The minimum atomic E-state index is -0.269. The zero-order valence-corrected chi connectivity index (χ0v) is 14.9. The third-order valence-corrected chi connectivity index (χ3v) is 6.68. The first-order valence-corrected chi connectivity index (χ1v) is 9.58. The minimum absolute atomic E-state index is 0.0738. The van der Waals surface area contributed by atoms with Crippen molar-refractivity contribution in [1.82, 2.24) is 0 Å². The van der Waals surface area contributed by atoms with E-state index in [-0.39, 0.29) is 35.2 Å². The predicted molar refractivity (Wildman–Crippen MR) is 103 cm³/mol. The van der Waals surface area contributed by atoms with Crippen LogP contribution < -0.4 is 4.74 Å². The number of hydrogen-bond acceptors (Lipinski definition) is 3. The van der Waals surface area contributed by atoms with Crippen molar-refractivity contribution in [2.75, 3.05) is 6.61 Å². The standard InChI is InChI=1S/C24H18O3/c1-2-27-16-11-5-10-15-18(16)24(26)22-20-14-9-4-7-12-6-3-8-13(17(12)14)19(20)21(22)23(15)25/h3-11,19-22H,2H2,1H3/t19-,20+,21-,22+/m0/s1. The Hall–Kier alpha value is -2.94. The number of carbonyl (C=O) groups excluding carboxylic acids is 2. The second-order valence-electron chi connectivity index (χ2n) is 7.74. The summed E-state index contributed by atoms with van der Waals surface area (Å²) in [6.07, 6.45) is 0. The number of Topliss-reactive ketones (excluding diaryl/α,β-unsaturated/α-hetero) is 2. The van der Waals surface area contributed by atoms with Crippen molar-refractivity contribution < 1.29 is 14.3 Å². The molecule has 6 rings (SSSR count). The fourth-order valence-electron chi connectivity index (χ4n) is 5.74. The molecule has 3 nitrogen and oxygen atoms in total. The van der Waals surface area contributed by atoms with Gasteiger partial charge >= 0.3 is 0 Å². The van der Waals surface area contributed by atoms with Gasteiger partial charge in [0, 0.05) is 29.2 Å². The molecule has 0 bridgehead atoms. The quantitative estimate of drug-likeness (QED) is 0.667. The van der Waals surface area contributed by atoms with E-state index in [9.17, 15) is 9.59 Å². The summed E-state index contributed by atoms with van der Waals surface area (Å²) in [5.41, 5.74) is 3.49. The van der Waals surface area contributed by atoms with Gasteiger partial charge in [0.15, 0.2) is 11.6 Å². The Kier molecular flexibility index (Phi) is 2.84. The number of ketones is 2. The van der Waals surface area contributed by atoms with E-state index >= 15 is 0 Å². The van der Waals surface area contributed by atoms with Crippen LogP contribution in [-0.2, 0) is 0 Å². The minimum Gasteiger partial charge on any atom is -0.493 e. The highest BCUT2D eigenvalue weighted by molar-refractivity contribution is 6.20. The van der Waals surface area contributed by atoms with Crippen LogP contribution in [0.3, 0.4) is 0 Å². The van der Waals surface area contributed by atoms with E-state index in [4.69, 9.17) is 4.74 Å². The third-order valence-electron chi connectivity index (χ3n) is 6.68. The fourth-order valence-corrected chi connectivity index (χ4v) is 5.74. The van der Waals surface area contributed by atoms with Gasteiger partial charge in [-0.05, 0) is 34.9 Å². The van der Waals surface area contributed by atoms with Crippen LogP contribution in [0.5, 0.6) is 5.75 Å². The lowest BCUT2D eigenvalue weighted by molar-refractivity contribution is 0.0436. The van der Waals surface area contributed by atoms with Crippen LogP contribution >= 0.6 is 0 Å². The van der Waals surface area contributed by atoms with Gasteiger partial charge in [-0.2, -0.15) is 0 Å². The molecule has 27 heavy (non-hydrogen) atoms. The zero-order valence-electron chi connectivity index (χ0n) is 14.9. The van der Waals surface area contributed by atoms with E-state index in [2.05, 4.69) is 36.4 Å². The van der Waals surface area contributed by atoms with Gasteiger partial charge in [-0.1, -0.05) is 48.5 Å². The van der Waals surface area contributed by atoms with E-state index in [1.54, 1.807) is 12.1 Å². The van der Waals surface area contributed by atoms with Crippen LogP contribution in [0.15, 0.2) is 54.6 Å². The maximum atomic E-state index is 13.5. The molecular weight excluding hydrogens is 336 g/mol. The van der Waals surface area contributed by atoms with Crippen molar-refractivity contribution in [2.24, 2.45) is 11.8 Å². The first-order chi connectivity index (χ1) is 13.2. The van der Waals surface area contributed by atoms with Gasteiger partial charge in [-0.15, -0.1) is 0 Å². The smallest absolute Gasteiger partial charge is 0.171 e. The molecule has 3 aliphatic carbocycles. The molecule has 1 fully saturated rings. The van der Waals surface area contributed by atoms with E-state index in [0.717, 1.165) is 0 Å². The Morgan fingerprint density at radius 3 is 2.07 bits per heavy atom. The summed E-state index contributed by atoms with van der Waals surface area (Å²) in [5, 5.41) is 2.45. The van der Waals surface area contributed by atoms with Gasteiger partial charge in [0.05, 0.1) is 12.2 Å². The average molecular weight is 354 g/mol. The van der Waals surface area contributed by atoms with E-state index in [1.807, 2.05) is 13.0 Å². The fraction of sp³-hybridized carbons (Fsp3) is 0.250. The maximum Gasteiger partial charge on any atom is 0.171 e. The van der Waals surface area contributed by atoms with Crippen molar-refractivity contribution in [3.8, 4) is 5.75 Å². The molecule has 3 aromatic carbocycles. The summed E-state index contributed by atoms with van der Waals surface area (Å²) >= 11 is 0. The molecule has 3 heteroatoms. The van der Waals surface area contributed by atoms with Crippen molar-refractivity contribution in [2.45, 2.75) is 18.8 Å². The first-order valence-electron chi connectivity index (χ1n) is 9.58. The van der Waals surface area contributed by atoms with Crippen LogP contribution in [0.25, 0.3) is 10.8 Å². The molecule has 0 spiro atoms. The Labute approximate surface area is 157 Å². The van der Waals surface area contributed by atoms with Crippen LogP contribution in [0.2, 0.25) is 0 Å². The Balaban J connectivity index is 1.57. The monoisotopic (exact) mass is 354 g/mol. The van der Waals surface area contributed by atoms with E-state index in [1.165, 1.54) is 21.9 Å². The largest absolute Gasteiger partial charge is 0.493 e. The summed E-state index contributed by atoms with van der Waals surface area (Å²) in [6, 6.07) is 18.0. The third kappa shape index (κ3) is 1.68. The van der Waals surface area contributed by atoms with Gasteiger partial charge in [-0.25, -0.2) is 0 Å². The van der Waals surface area contributed by atoms with Gasteiger partial charge < -0.3 is 4.74 Å². The van der Waals surface area contributed by atoms with Crippen molar-refractivity contribution in [3.05, 3.63) is 76.9 Å². The lowest BCUT2D eigenvalue weighted by Gasteiger charge is -2.50. The lowest BCUT2D eigenvalue weighted by atomic mass is 9.49. The highest BCUT2D eigenvalue weighted by atomic mass is 16.5. The molecule has 0 unspecified atom stereocenters. The molecule has 132 valence electrons. The molecule has 0 amide bonds. The Bertz CT molecular complexity index is 1150. The van der Waals surface area contributed by atoms with Gasteiger partial charge in [0.25, 0.3) is 0 Å². The van der Waals surface area contributed by atoms with E-state index in [0.29, 0.717) is 23.5 Å². The SMILES string of the molecule is CCOc1cccc2c1C(=O)[C@H]1[C@@H](C2=O)[C@H]2c3cccc4cccc(c34)[C@@H]12. The number of fused-ring (bicyclic) bond motifs is 7. The molecule has 1 saturated carbocycles. The Morgan fingerprint density at radius 1 is 0.778 bits per heavy atom. The Morgan fingerprint density at radius 2 is 1.41 bits per heavy atom. The molecule has 3 aromatic rings. The first kappa shape index (κ1) is 15.2. The van der Waals surface area contributed by atoms with Gasteiger partial charge in [0.2, 0.25) is 0 Å². The molecule has 0 heterocycles. The predicted octanol–water partition coefficient (Wildman–Crippen LogP) is 4.74. The molecule has 0 radical (unpaired) electrons. The summed E-state index contributed by atoms with van der Waals surface area (Å²) in [4.78, 5) is 26.9. The van der Waals surface area contributed by atoms with Gasteiger partial charge in [0.1, 0.15) is 5.75 Å². The van der Waals surface area contributed by atoms with Crippen molar-refractivity contribution >= 4 is 22.3 Å². The molecule has 0 aromatic heterocycles. The summed E-state index contributed by atoms with van der Waals surface area (Å²) in [5.74, 6) is 0.433. The maximum absolute atomic E-state index is 13.5. The summed E-state index contributed by atoms with van der Waals surface area (Å²) in [7, 11) is 0. The van der Waals surface area contributed by atoms with Crippen molar-refractivity contribution in [1.29, 1.82) is 0 Å². The molecule has 4 atom stereocenters. The summed E-state index contributed by atoms with van der Waals surface area (Å²) < 4.78 is 5.69. The lowest BCUT2D eigenvalue weighted by Crippen LogP contribution is -2.52. The van der Waals surface area contributed by atoms with Crippen molar-refractivity contribution in [3.63, 3.8) is 0 Å². The molecule has 0 saturated heterocycles. The highest BCUT2D eigenvalue weighted by Gasteiger charge is 2.63. The highest BCUT2D eigenvalue weighted by Crippen LogP contribution is 2.67. The molecule has 3 aliphatic rings. The van der Waals surface area contributed by atoms with Crippen LogP contribution in [0.4, 0.5) is 0 Å². The zero-order chi connectivity index (χ0) is 18.3.